The normalized spacial score (nSPS) is 10.8. The minimum absolute atomic E-state index is 0.0193. The summed E-state index contributed by atoms with van der Waals surface area (Å²) in [6.07, 6.45) is 0. The summed E-state index contributed by atoms with van der Waals surface area (Å²) in [5, 5.41) is 28.7. The Morgan fingerprint density at radius 1 is 1.04 bits per heavy atom. The molecule has 0 amide bonds. The summed E-state index contributed by atoms with van der Waals surface area (Å²) in [6, 6.07) is 9.26. The number of hydrogen-bond donors (Lipinski definition) is 3. The van der Waals surface area contributed by atoms with Crippen LogP contribution in [0.5, 0.6) is 23.0 Å². The first-order chi connectivity index (χ1) is 11.0. The zero-order chi connectivity index (χ0) is 16.6. The molecule has 0 saturated carbocycles. The first kappa shape index (κ1) is 14.8. The fourth-order valence-electron chi connectivity index (χ4n) is 2.30. The average Bonchev–Trinajstić information content (AvgIpc) is 2.53. The molecule has 0 aliphatic heterocycles. The summed E-state index contributed by atoms with van der Waals surface area (Å²) in [6.45, 7) is 2.43. The van der Waals surface area contributed by atoms with Crippen LogP contribution in [0.1, 0.15) is 6.92 Å². The molecule has 1 aromatic heterocycles. The lowest BCUT2D eigenvalue weighted by atomic mass is 10.1. The number of phenolic OH excluding ortho intramolecular Hbond substituents is 3. The average molecular weight is 314 g/mol. The molecular weight excluding hydrogens is 300 g/mol. The van der Waals surface area contributed by atoms with Crippen LogP contribution in [0.2, 0.25) is 0 Å². The Morgan fingerprint density at radius 3 is 2.39 bits per heavy atom. The number of ether oxygens (including phenoxy) is 1. The Morgan fingerprint density at radius 2 is 1.74 bits per heavy atom. The molecule has 0 radical (unpaired) electrons. The minimum Gasteiger partial charge on any atom is -0.504 e. The predicted molar refractivity (Wildman–Crippen MR) is 84.1 cm³/mol. The van der Waals surface area contributed by atoms with Gasteiger partial charge in [0.05, 0.1) is 6.61 Å². The van der Waals surface area contributed by atoms with Crippen LogP contribution in [0, 0.1) is 0 Å². The lowest BCUT2D eigenvalue weighted by Gasteiger charge is -2.08. The van der Waals surface area contributed by atoms with Crippen LogP contribution in [-0.2, 0) is 0 Å². The number of hydrogen-bond acceptors (Lipinski definition) is 6. The molecule has 1 heterocycles. The summed E-state index contributed by atoms with van der Waals surface area (Å²) < 4.78 is 10.9. The maximum Gasteiger partial charge on any atom is 0.201 e. The van der Waals surface area contributed by atoms with Crippen LogP contribution >= 0.6 is 0 Å². The Balaban J connectivity index is 2.16. The number of benzene rings is 2. The fourth-order valence-corrected chi connectivity index (χ4v) is 2.30. The van der Waals surface area contributed by atoms with Crippen molar-refractivity contribution in [1.29, 1.82) is 0 Å². The van der Waals surface area contributed by atoms with Crippen molar-refractivity contribution in [3.63, 3.8) is 0 Å². The van der Waals surface area contributed by atoms with Gasteiger partial charge in [-0.3, -0.25) is 4.79 Å². The van der Waals surface area contributed by atoms with Gasteiger partial charge in [-0.2, -0.15) is 0 Å². The van der Waals surface area contributed by atoms with E-state index in [1.807, 2.05) is 6.92 Å². The summed E-state index contributed by atoms with van der Waals surface area (Å²) in [5.74, 6) is -1.05. The lowest BCUT2D eigenvalue weighted by molar-refractivity contribution is 0.340. The second-order valence-electron chi connectivity index (χ2n) is 4.90. The zero-order valence-electron chi connectivity index (χ0n) is 12.2. The molecule has 0 aliphatic rings. The largest absolute Gasteiger partial charge is 0.504 e. The van der Waals surface area contributed by atoms with Gasteiger partial charge in [0.2, 0.25) is 5.75 Å². The first-order valence-corrected chi connectivity index (χ1v) is 6.96. The van der Waals surface area contributed by atoms with Gasteiger partial charge in [0, 0.05) is 17.7 Å². The molecule has 118 valence electrons. The Hall–Kier alpha value is -3.15. The number of rotatable bonds is 3. The van der Waals surface area contributed by atoms with Crippen LogP contribution in [0.3, 0.4) is 0 Å². The van der Waals surface area contributed by atoms with Gasteiger partial charge < -0.3 is 24.5 Å². The van der Waals surface area contributed by atoms with E-state index < -0.39 is 22.7 Å². The highest BCUT2D eigenvalue weighted by atomic mass is 16.5. The van der Waals surface area contributed by atoms with Crippen molar-refractivity contribution in [2.24, 2.45) is 0 Å². The van der Waals surface area contributed by atoms with E-state index in [1.165, 1.54) is 6.07 Å². The standard InChI is InChI=1S/C17H14O6/c1-2-22-10-5-3-9(4-6-10)13-7-11(18)15-14(23-13)8-12(19)16(20)17(15)21/h3-8,19-21H,2H2,1H3. The van der Waals surface area contributed by atoms with E-state index in [4.69, 9.17) is 9.15 Å². The van der Waals surface area contributed by atoms with Gasteiger partial charge in [0.1, 0.15) is 22.5 Å². The van der Waals surface area contributed by atoms with E-state index in [0.29, 0.717) is 17.9 Å². The van der Waals surface area contributed by atoms with E-state index in [9.17, 15) is 20.1 Å². The molecular formula is C17H14O6. The van der Waals surface area contributed by atoms with Crippen LogP contribution in [-0.4, -0.2) is 21.9 Å². The molecule has 0 spiro atoms. The van der Waals surface area contributed by atoms with E-state index in [1.54, 1.807) is 24.3 Å². The summed E-state index contributed by atoms with van der Waals surface area (Å²) in [7, 11) is 0. The third-order valence-corrected chi connectivity index (χ3v) is 3.40. The molecule has 6 nitrogen and oxygen atoms in total. The van der Waals surface area contributed by atoms with Gasteiger partial charge in [0.25, 0.3) is 0 Å². The molecule has 3 N–H and O–H groups in total. The summed E-state index contributed by atoms with van der Waals surface area (Å²) in [5.41, 5.74) is 0.0941. The van der Waals surface area contributed by atoms with Gasteiger partial charge in [0.15, 0.2) is 16.9 Å². The quantitative estimate of drug-likeness (QED) is 0.643. The molecule has 0 atom stereocenters. The first-order valence-electron chi connectivity index (χ1n) is 6.96. The van der Waals surface area contributed by atoms with Crippen molar-refractivity contribution >= 4 is 11.0 Å². The SMILES string of the molecule is CCOc1ccc(-c2cc(=O)c3c(O)c(O)c(O)cc3o2)cc1. The number of fused-ring (bicyclic) bond motifs is 1. The molecule has 0 unspecified atom stereocenters. The molecule has 6 heteroatoms. The van der Waals surface area contributed by atoms with Crippen molar-refractivity contribution in [3.8, 4) is 34.3 Å². The van der Waals surface area contributed by atoms with Crippen LogP contribution < -0.4 is 10.2 Å². The zero-order valence-corrected chi connectivity index (χ0v) is 12.2. The topological polar surface area (TPSA) is 100 Å². The summed E-state index contributed by atoms with van der Waals surface area (Å²) >= 11 is 0. The van der Waals surface area contributed by atoms with E-state index in [2.05, 4.69) is 0 Å². The lowest BCUT2D eigenvalue weighted by Crippen LogP contribution is -2.01. The molecule has 0 fully saturated rings. The molecule has 0 aliphatic carbocycles. The second kappa shape index (κ2) is 5.57. The van der Waals surface area contributed by atoms with Crippen LogP contribution in [0.25, 0.3) is 22.3 Å². The van der Waals surface area contributed by atoms with Crippen molar-refractivity contribution < 1.29 is 24.5 Å². The molecule has 0 bridgehead atoms. The maximum atomic E-state index is 12.2. The Bertz CT molecular complexity index is 924. The van der Waals surface area contributed by atoms with E-state index >= 15 is 0 Å². The third kappa shape index (κ3) is 2.55. The van der Waals surface area contributed by atoms with Gasteiger partial charge in [-0.15, -0.1) is 0 Å². The van der Waals surface area contributed by atoms with Crippen LogP contribution in [0.4, 0.5) is 0 Å². The highest BCUT2D eigenvalue weighted by molar-refractivity contribution is 5.89. The minimum atomic E-state index is -0.751. The van der Waals surface area contributed by atoms with E-state index in [0.717, 1.165) is 6.07 Å². The van der Waals surface area contributed by atoms with E-state index in [-0.39, 0.29) is 16.7 Å². The van der Waals surface area contributed by atoms with Crippen molar-refractivity contribution in [3.05, 3.63) is 46.6 Å². The molecule has 3 rings (SSSR count). The van der Waals surface area contributed by atoms with Crippen LogP contribution in [0.15, 0.2) is 45.6 Å². The highest BCUT2D eigenvalue weighted by Crippen LogP contribution is 2.40. The maximum absolute atomic E-state index is 12.2. The number of phenols is 3. The van der Waals surface area contributed by atoms with Crippen molar-refractivity contribution in [2.75, 3.05) is 6.61 Å². The monoisotopic (exact) mass is 314 g/mol. The summed E-state index contributed by atoms with van der Waals surface area (Å²) in [4.78, 5) is 12.2. The second-order valence-corrected chi connectivity index (χ2v) is 4.90. The Labute approximate surface area is 130 Å². The highest BCUT2D eigenvalue weighted by Gasteiger charge is 2.17. The molecule has 2 aromatic carbocycles. The molecule has 0 saturated heterocycles. The Kier molecular flexibility index (Phi) is 3.57. The molecule has 3 aromatic rings. The smallest absolute Gasteiger partial charge is 0.201 e. The third-order valence-electron chi connectivity index (χ3n) is 3.40. The predicted octanol–water partition coefficient (Wildman–Crippen LogP) is 2.98. The van der Waals surface area contributed by atoms with Gasteiger partial charge >= 0.3 is 0 Å². The molecule has 23 heavy (non-hydrogen) atoms. The number of aromatic hydroxyl groups is 3. The van der Waals surface area contributed by atoms with Crippen molar-refractivity contribution in [2.45, 2.75) is 6.92 Å². The van der Waals surface area contributed by atoms with Gasteiger partial charge in [-0.25, -0.2) is 0 Å². The fraction of sp³-hybridized carbons (Fsp3) is 0.118. The van der Waals surface area contributed by atoms with Gasteiger partial charge in [-0.1, -0.05) is 0 Å². The van der Waals surface area contributed by atoms with Crippen molar-refractivity contribution in [1.82, 2.24) is 0 Å². The van der Waals surface area contributed by atoms with Gasteiger partial charge in [-0.05, 0) is 31.2 Å².